The molecule has 1 aliphatic heterocycles. The first-order valence-electron chi connectivity index (χ1n) is 4.13. The third-order valence-corrected chi connectivity index (χ3v) is 3.01. The van der Waals surface area contributed by atoms with Gasteiger partial charge in [-0.15, -0.1) is 11.8 Å². The van der Waals surface area contributed by atoms with E-state index in [-0.39, 0.29) is 0 Å². The van der Waals surface area contributed by atoms with Gasteiger partial charge in [0.25, 0.3) is 0 Å². The van der Waals surface area contributed by atoms with E-state index in [9.17, 15) is 0 Å². The number of rotatable bonds is 2. The number of thioether (sulfide) groups is 1. The summed E-state index contributed by atoms with van der Waals surface area (Å²) in [4.78, 5) is 3.95. The van der Waals surface area contributed by atoms with Crippen molar-refractivity contribution in [2.75, 3.05) is 20.1 Å². The van der Waals surface area contributed by atoms with Gasteiger partial charge in [0.1, 0.15) is 0 Å². The molecular formula is C9H17NS. The minimum atomic E-state index is 0.728. The van der Waals surface area contributed by atoms with Gasteiger partial charge in [-0.3, -0.25) is 4.90 Å². The monoisotopic (exact) mass is 171 g/mol. The second-order valence-corrected chi connectivity index (χ2v) is 5.21. The maximum Gasteiger partial charge on any atom is 0.0293 e. The molecule has 0 saturated carbocycles. The van der Waals surface area contributed by atoms with Gasteiger partial charge in [-0.25, -0.2) is 0 Å². The minimum absolute atomic E-state index is 0.728. The zero-order chi connectivity index (χ0) is 8.43. The van der Waals surface area contributed by atoms with Crippen molar-refractivity contribution in [3.05, 3.63) is 10.5 Å². The Morgan fingerprint density at radius 2 is 2.00 bits per heavy atom. The average Bonchev–Trinajstić information content (AvgIpc) is 2.09. The van der Waals surface area contributed by atoms with E-state index in [1.807, 2.05) is 11.8 Å². The van der Waals surface area contributed by atoms with Crippen LogP contribution in [-0.4, -0.2) is 30.3 Å². The molecule has 0 N–H and O–H groups in total. The van der Waals surface area contributed by atoms with Gasteiger partial charge >= 0.3 is 0 Å². The maximum absolute atomic E-state index is 2.36. The van der Waals surface area contributed by atoms with Crippen molar-refractivity contribution in [3.63, 3.8) is 0 Å². The van der Waals surface area contributed by atoms with Gasteiger partial charge in [0, 0.05) is 18.3 Å². The molecule has 0 radical (unpaired) electrons. The molecule has 1 rings (SSSR count). The van der Waals surface area contributed by atoms with Gasteiger partial charge in [0.15, 0.2) is 0 Å². The molecule has 0 aromatic carbocycles. The number of hydrogen-bond acceptors (Lipinski definition) is 2. The lowest BCUT2D eigenvalue weighted by molar-refractivity contribution is 0.428. The van der Waals surface area contributed by atoms with Crippen LogP contribution < -0.4 is 0 Å². The molecular weight excluding hydrogens is 154 g/mol. The van der Waals surface area contributed by atoms with Crippen LogP contribution >= 0.6 is 11.8 Å². The Morgan fingerprint density at radius 3 is 2.36 bits per heavy atom. The summed E-state index contributed by atoms with van der Waals surface area (Å²) in [6.45, 7) is 9.07. The molecule has 1 heterocycles. The fraction of sp³-hybridized carbons (Fsp3) is 0.778. The van der Waals surface area contributed by atoms with Crippen LogP contribution in [0.4, 0.5) is 0 Å². The van der Waals surface area contributed by atoms with Crippen molar-refractivity contribution in [1.82, 2.24) is 4.90 Å². The van der Waals surface area contributed by atoms with E-state index in [1.165, 1.54) is 0 Å². The normalized spacial score (nSPS) is 20.5. The molecule has 0 unspecified atom stereocenters. The van der Waals surface area contributed by atoms with Crippen LogP contribution in [0.1, 0.15) is 20.8 Å². The fourth-order valence-corrected chi connectivity index (χ4v) is 2.48. The van der Waals surface area contributed by atoms with Crippen molar-refractivity contribution < 1.29 is 0 Å². The molecule has 1 nitrogen and oxygen atoms in total. The fourth-order valence-electron chi connectivity index (χ4n) is 1.35. The van der Waals surface area contributed by atoms with E-state index in [2.05, 4.69) is 32.7 Å². The number of hydrogen-bond donors (Lipinski definition) is 0. The predicted octanol–water partition coefficient (Wildman–Crippen LogP) is 2.35. The van der Waals surface area contributed by atoms with Crippen LogP contribution in [0.3, 0.4) is 0 Å². The Hall–Kier alpha value is 0.0500. The lowest BCUT2D eigenvalue weighted by Crippen LogP contribution is -2.14. The molecule has 0 saturated heterocycles. The highest BCUT2D eigenvalue weighted by atomic mass is 32.2. The van der Waals surface area contributed by atoms with Crippen LogP contribution in [-0.2, 0) is 0 Å². The van der Waals surface area contributed by atoms with Gasteiger partial charge < -0.3 is 0 Å². The van der Waals surface area contributed by atoms with Crippen molar-refractivity contribution in [1.29, 1.82) is 0 Å². The topological polar surface area (TPSA) is 3.24 Å². The third kappa shape index (κ3) is 2.53. The molecule has 0 bridgehead atoms. The SMILES string of the molecule is CC1=C(SC(C)C)CN(C)C1. The lowest BCUT2D eigenvalue weighted by Gasteiger charge is -2.08. The average molecular weight is 171 g/mol. The van der Waals surface area contributed by atoms with E-state index in [4.69, 9.17) is 0 Å². The van der Waals surface area contributed by atoms with Crippen LogP contribution in [0.5, 0.6) is 0 Å². The van der Waals surface area contributed by atoms with Crippen molar-refractivity contribution in [2.45, 2.75) is 26.0 Å². The van der Waals surface area contributed by atoms with Crippen molar-refractivity contribution in [2.24, 2.45) is 0 Å². The Morgan fingerprint density at radius 1 is 1.36 bits per heavy atom. The second-order valence-electron chi connectivity index (χ2n) is 3.54. The smallest absolute Gasteiger partial charge is 0.0293 e. The molecule has 0 amide bonds. The van der Waals surface area contributed by atoms with E-state index in [1.54, 1.807) is 10.5 Å². The molecule has 0 atom stereocenters. The van der Waals surface area contributed by atoms with Gasteiger partial charge in [-0.05, 0) is 24.4 Å². The van der Waals surface area contributed by atoms with Crippen LogP contribution in [0.2, 0.25) is 0 Å². The summed E-state index contributed by atoms with van der Waals surface area (Å²) in [5.74, 6) is 0. The predicted molar refractivity (Wildman–Crippen MR) is 52.9 cm³/mol. The number of likely N-dealkylation sites (N-methyl/N-ethyl adjacent to an activating group) is 1. The molecule has 0 aromatic rings. The highest BCUT2D eigenvalue weighted by molar-refractivity contribution is 8.03. The third-order valence-electron chi connectivity index (χ3n) is 1.77. The first kappa shape index (κ1) is 9.14. The van der Waals surface area contributed by atoms with Gasteiger partial charge in [0.05, 0.1) is 0 Å². The van der Waals surface area contributed by atoms with Gasteiger partial charge in [-0.2, -0.15) is 0 Å². The first-order chi connectivity index (χ1) is 5.09. The summed E-state index contributed by atoms with van der Waals surface area (Å²) in [5, 5.41) is 0.728. The summed E-state index contributed by atoms with van der Waals surface area (Å²) < 4.78 is 0. The van der Waals surface area contributed by atoms with Crippen LogP contribution in [0.25, 0.3) is 0 Å². The van der Waals surface area contributed by atoms with Gasteiger partial charge in [0.2, 0.25) is 0 Å². The molecule has 64 valence electrons. The molecule has 11 heavy (non-hydrogen) atoms. The zero-order valence-corrected chi connectivity index (χ0v) is 8.66. The molecule has 1 aliphatic rings. The molecule has 0 fully saturated rings. The molecule has 0 aliphatic carbocycles. The minimum Gasteiger partial charge on any atom is -0.298 e. The molecule has 0 spiro atoms. The lowest BCUT2D eigenvalue weighted by atomic mass is 10.3. The second kappa shape index (κ2) is 3.63. The molecule has 2 heteroatoms. The van der Waals surface area contributed by atoms with E-state index in [0.29, 0.717) is 0 Å². The zero-order valence-electron chi connectivity index (χ0n) is 7.85. The molecule has 0 aromatic heterocycles. The van der Waals surface area contributed by atoms with E-state index < -0.39 is 0 Å². The van der Waals surface area contributed by atoms with Crippen molar-refractivity contribution in [3.8, 4) is 0 Å². The maximum atomic E-state index is 2.36. The standard InChI is InChI=1S/C9H17NS/c1-7(2)11-9-6-10(4)5-8(9)3/h7H,5-6H2,1-4H3. The number of nitrogens with zero attached hydrogens (tertiary/aromatic N) is 1. The highest BCUT2D eigenvalue weighted by Gasteiger charge is 2.16. The first-order valence-corrected chi connectivity index (χ1v) is 5.01. The quantitative estimate of drug-likeness (QED) is 0.627. The Labute approximate surface area is 73.8 Å². The largest absolute Gasteiger partial charge is 0.298 e. The van der Waals surface area contributed by atoms with Crippen LogP contribution in [0.15, 0.2) is 10.5 Å². The van der Waals surface area contributed by atoms with E-state index >= 15 is 0 Å². The Balaban J connectivity index is 2.51. The van der Waals surface area contributed by atoms with Crippen molar-refractivity contribution >= 4 is 11.8 Å². The van der Waals surface area contributed by atoms with Gasteiger partial charge in [-0.1, -0.05) is 13.8 Å². The van der Waals surface area contributed by atoms with E-state index in [0.717, 1.165) is 18.3 Å². The summed E-state index contributed by atoms with van der Waals surface area (Å²) >= 11 is 2.01. The Bertz CT molecular complexity index is 172. The summed E-state index contributed by atoms with van der Waals surface area (Å²) in [5.41, 5.74) is 1.56. The highest BCUT2D eigenvalue weighted by Crippen LogP contribution is 2.29. The van der Waals surface area contributed by atoms with Crippen LogP contribution in [0, 0.1) is 0 Å². The summed E-state index contributed by atoms with van der Waals surface area (Å²) in [6.07, 6.45) is 0. The Kier molecular flexibility index (Phi) is 3.02. The summed E-state index contributed by atoms with van der Waals surface area (Å²) in [7, 11) is 2.18. The summed E-state index contributed by atoms with van der Waals surface area (Å²) in [6, 6.07) is 0.